The second kappa shape index (κ2) is 14.8. The summed E-state index contributed by atoms with van der Waals surface area (Å²) in [5, 5.41) is 1.40. The molecular weight excluding hydrogens is 569 g/mol. The summed E-state index contributed by atoms with van der Waals surface area (Å²) in [4.78, 5) is 23.5. The molecule has 2 fully saturated rings. The molecule has 36 heavy (non-hydrogen) atoms. The molecule has 2 heterocycles. The summed E-state index contributed by atoms with van der Waals surface area (Å²) in [6.45, 7) is 11.6. The molecule has 0 N–H and O–H groups in total. The number of hydrogen-bond acceptors (Lipinski definition) is 10. The van der Waals surface area contributed by atoms with Crippen molar-refractivity contribution < 1.29 is 19.1 Å². The van der Waals surface area contributed by atoms with Crippen molar-refractivity contribution in [2.24, 2.45) is 0 Å². The Bertz CT molecular complexity index is 862. The summed E-state index contributed by atoms with van der Waals surface area (Å²) in [7, 11) is 0. The first-order valence-corrected chi connectivity index (χ1v) is 18.1. The zero-order valence-electron chi connectivity index (χ0n) is 21.1. The van der Waals surface area contributed by atoms with E-state index < -0.39 is 0 Å². The summed E-state index contributed by atoms with van der Waals surface area (Å²) in [6.07, 6.45) is 4.34. The molecule has 3 rings (SSSR count). The molecule has 2 saturated heterocycles. The fourth-order valence-electron chi connectivity index (χ4n) is 3.70. The zero-order chi connectivity index (χ0) is 26.2. The molecule has 0 bridgehead atoms. The normalized spacial score (nSPS) is 25.2. The van der Waals surface area contributed by atoms with E-state index in [4.69, 9.17) is 9.47 Å². The molecule has 2 aliphatic rings. The minimum absolute atomic E-state index is 0.304. The number of esters is 2. The van der Waals surface area contributed by atoms with Gasteiger partial charge in [0.15, 0.2) is 0 Å². The van der Waals surface area contributed by atoms with Crippen LogP contribution in [-0.2, 0) is 19.1 Å². The quantitative estimate of drug-likeness (QED) is 0.183. The molecule has 1 aromatic rings. The minimum Gasteiger partial charge on any atom is -0.461 e. The molecule has 4 nitrogen and oxygen atoms in total. The van der Waals surface area contributed by atoms with Crippen molar-refractivity contribution in [2.75, 3.05) is 37.2 Å². The maximum atomic E-state index is 11.7. The SMILES string of the molecule is C=C(C)C(=O)OCC1CSC(C(SC)c2ccc(C(SC)C3SCC(COC(=O)C(=C)C)S3)cc2)S1. The van der Waals surface area contributed by atoms with Crippen molar-refractivity contribution >= 4 is 82.5 Å². The van der Waals surface area contributed by atoms with Gasteiger partial charge in [0.2, 0.25) is 0 Å². The van der Waals surface area contributed by atoms with Crippen LogP contribution in [0.3, 0.4) is 0 Å². The molecule has 0 aromatic heterocycles. The summed E-state index contributed by atoms with van der Waals surface area (Å²) in [5.74, 6) is 1.37. The van der Waals surface area contributed by atoms with Crippen LogP contribution in [0.1, 0.15) is 35.5 Å². The Labute approximate surface area is 241 Å². The number of benzene rings is 1. The second-order valence-electron chi connectivity index (χ2n) is 8.66. The maximum Gasteiger partial charge on any atom is 0.333 e. The van der Waals surface area contributed by atoms with Crippen LogP contribution in [0.2, 0.25) is 0 Å². The molecule has 6 atom stereocenters. The van der Waals surface area contributed by atoms with E-state index in [1.54, 1.807) is 13.8 Å². The molecule has 0 amide bonds. The topological polar surface area (TPSA) is 52.6 Å². The van der Waals surface area contributed by atoms with Crippen LogP contribution in [0, 0.1) is 0 Å². The maximum absolute atomic E-state index is 11.7. The highest BCUT2D eigenvalue weighted by molar-refractivity contribution is 8.22. The van der Waals surface area contributed by atoms with Crippen molar-refractivity contribution in [3.63, 3.8) is 0 Å². The molecule has 10 heteroatoms. The smallest absolute Gasteiger partial charge is 0.333 e. The molecule has 0 saturated carbocycles. The van der Waals surface area contributed by atoms with E-state index in [0.29, 0.717) is 54.5 Å². The van der Waals surface area contributed by atoms with E-state index in [9.17, 15) is 9.59 Å². The number of ether oxygens (including phenoxy) is 2. The monoisotopic (exact) mass is 602 g/mol. The summed E-state index contributed by atoms with van der Waals surface area (Å²) >= 11 is 11.5. The van der Waals surface area contributed by atoms with E-state index in [1.807, 2.05) is 70.6 Å². The van der Waals surface area contributed by atoms with Gasteiger partial charge in [-0.15, -0.1) is 47.0 Å². The van der Waals surface area contributed by atoms with Gasteiger partial charge in [-0.3, -0.25) is 0 Å². The molecule has 0 radical (unpaired) electrons. The van der Waals surface area contributed by atoms with Gasteiger partial charge < -0.3 is 9.47 Å². The van der Waals surface area contributed by atoms with Crippen molar-refractivity contribution in [2.45, 2.75) is 44.0 Å². The van der Waals surface area contributed by atoms with Crippen LogP contribution in [0.15, 0.2) is 48.6 Å². The van der Waals surface area contributed by atoms with Gasteiger partial charge in [0.25, 0.3) is 0 Å². The average Bonchev–Trinajstić information content (AvgIpc) is 3.53. The van der Waals surface area contributed by atoms with Crippen molar-refractivity contribution in [3.05, 3.63) is 59.7 Å². The molecule has 1 aromatic carbocycles. The molecule has 198 valence electrons. The summed E-state index contributed by atoms with van der Waals surface area (Å²) in [5.41, 5.74) is 3.58. The van der Waals surface area contributed by atoms with Crippen LogP contribution in [0.5, 0.6) is 0 Å². The Kier molecular flexibility index (Phi) is 12.4. The molecule has 2 aliphatic heterocycles. The van der Waals surface area contributed by atoms with Crippen LogP contribution in [0.25, 0.3) is 0 Å². The lowest BCUT2D eigenvalue weighted by Gasteiger charge is -2.24. The minimum atomic E-state index is -0.304. The lowest BCUT2D eigenvalue weighted by Crippen LogP contribution is -2.16. The van der Waals surface area contributed by atoms with E-state index in [1.165, 1.54) is 11.1 Å². The van der Waals surface area contributed by atoms with Gasteiger partial charge in [-0.1, -0.05) is 37.4 Å². The van der Waals surface area contributed by atoms with Gasteiger partial charge in [0.05, 0.1) is 19.7 Å². The Balaban J connectivity index is 1.56. The lowest BCUT2D eigenvalue weighted by molar-refractivity contribution is -0.139. The Hall–Kier alpha value is -0.260. The third kappa shape index (κ3) is 8.37. The van der Waals surface area contributed by atoms with Crippen molar-refractivity contribution in [3.8, 4) is 0 Å². The number of hydrogen-bond donors (Lipinski definition) is 0. The number of carbonyl (C=O) groups is 2. The molecule has 0 aliphatic carbocycles. The largest absolute Gasteiger partial charge is 0.461 e. The second-order valence-corrected chi connectivity index (χ2v) is 16.5. The molecular formula is C26H34O4S6. The van der Waals surface area contributed by atoms with Crippen LogP contribution < -0.4 is 0 Å². The van der Waals surface area contributed by atoms with Crippen molar-refractivity contribution in [1.29, 1.82) is 0 Å². The number of rotatable bonds is 12. The van der Waals surface area contributed by atoms with Gasteiger partial charge in [-0.25, -0.2) is 9.59 Å². The first-order chi connectivity index (χ1) is 17.2. The van der Waals surface area contributed by atoms with Gasteiger partial charge >= 0.3 is 11.9 Å². The first kappa shape index (κ1) is 30.3. The van der Waals surface area contributed by atoms with Gasteiger partial charge in [-0.05, 0) is 37.5 Å². The Morgan fingerprint density at radius 1 is 0.833 bits per heavy atom. The number of carbonyl (C=O) groups excluding carboxylic acids is 2. The fraction of sp³-hybridized carbons (Fsp3) is 0.538. The van der Waals surface area contributed by atoms with Gasteiger partial charge in [-0.2, -0.15) is 23.5 Å². The predicted molar refractivity (Wildman–Crippen MR) is 166 cm³/mol. The third-order valence-corrected chi connectivity index (χ3v) is 15.2. The highest BCUT2D eigenvalue weighted by Crippen LogP contribution is 2.51. The highest BCUT2D eigenvalue weighted by atomic mass is 32.2. The lowest BCUT2D eigenvalue weighted by atomic mass is 10.1. The van der Waals surface area contributed by atoms with E-state index in [0.717, 1.165) is 11.5 Å². The fourth-order valence-corrected chi connectivity index (χ4v) is 13.7. The summed E-state index contributed by atoms with van der Waals surface area (Å²) in [6, 6.07) is 9.13. The number of thioether (sulfide) groups is 6. The Morgan fingerprint density at radius 2 is 1.19 bits per heavy atom. The van der Waals surface area contributed by atoms with Gasteiger partial charge in [0, 0.05) is 33.2 Å². The molecule has 6 unspecified atom stereocenters. The van der Waals surface area contributed by atoms with Crippen molar-refractivity contribution in [1.82, 2.24) is 0 Å². The Morgan fingerprint density at radius 3 is 1.50 bits per heavy atom. The third-order valence-electron chi connectivity index (χ3n) is 5.64. The van der Waals surface area contributed by atoms with E-state index in [-0.39, 0.29) is 11.9 Å². The predicted octanol–water partition coefficient (Wildman–Crippen LogP) is 7.08. The molecule has 0 spiro atoms. The standard InChI is InChI=1S/C26H34O4S6/c1-15(2)23(27)29-11-19-13-33-25(35-19)21(31-5)17-7-9-18(10-8-17)22(32-6)26-34-14-20(36-26)12-30-24(28)16(3)4/h7-10,19-22,25-26H,1,3,11-14H2,2,4-6H3. The first-order valence-electron chi connectivity index (χ1n) is 11.6. The average molecular weight is 603 g/mol. The summed E-state index contributed by atoms with van der Waals surface area (Å²) < 4.78 is 11.6. The van der Waals surface area contributed by atoms with Crippen LogP contribution in [0.4, 0.5) is 0 Å². The van der Waals surface area contributed by atoms with Crippen LogP contribution >= 0.6 is 70.6 Å². The van der Waals surface area contributed by atoms with E-state index in [2.05, 4.69) is 49.9 Å². The zero-order valence-corrected chi connectivity index (χ0v) is 26.0. The highest BCUT2D eigenvalue weighted by Gasteiger charge is 2.35. The van der Waals surface area contributed by atoms with Crippen LogP contribution in [-0.4, -0.2) is 68.8 Å². The van der Waals surface area contributed by atoms with E-state index >= 15 is 0 Å². The van der Waals surface area contributed by atoms with Gasteiger partial charge in [0.1, 0.15) is 13.2 Å².